The smallest absolute Gasteiger partial charge is 0.118 e. The summed E-state index contributed by atoms with van der Waals surface area (Å²) in [6.07, 6.45) is 4.00. The molecule has 2 fully saturated rings. The van der Waals surface area contributed by atoms with Crippen molar-refractivity contribution in [2.75, 3.05) is 13.7 Å². The summed E-state index contributed by atoms with van der Waals surface area (Å²) in [6, 6.07) is 6.13. The predicted octanol–water partition coefficient (Wildman–Crippen LogP) is 3.48. The van der Waals surface area contributed by atoms with E-state index in [1.165, 1.54) is 24.8 Å². The number of rotatable bonds is 3. The Bertz CT molecular complexity index is 441. The lowest BCUT2D eigenvalue weighted by Crippen LogP contribution is -2.20. The number of aryl methyl sites for hydroxylation is 1. The van der Waals surface area contributed by atoms with Crippen LogP contribution in [0.15, 0.2) is 18.2 Å². The molecule has 0 aliphatic heterocycles. The molecule has 0 amide bonds. The Hall–Kier alpha value is -1.02. The lowest BCUT2D eigenvalue weighted by atomic mass is 9.78. The molecule has 0 saturated heterocycles. The fraction of sp³-hybridized carbons (Fsp3) is 0.625. The largest absolute Gasteiger partial charge is 0.508 e. The SMILES string of the molecule is COCC1CC2CC1CC2c1ccc(O)c(C)c1. The van der Waals surface area contributed by atoms with Crippen molar-refractivity contribution in [3.05, 3.63) is 29.3 Å². The number of hydrogen-bond acceptors (Lipinski definition) is 2. The van der Waals surface area contributed by atoms with E-state index >= 15 is 0 Å². The molecule has 1 N–H and O–H groups in total. The van der Waals surface area contributed by atoms with Gasteiger partial charge in [-0.3, -0.25) is 0 Å². The molecule has 1 aromatic rings. The van der Waals surface area contributed by atoms with Gasteiger partial charge in [0.05, 0.1) is 0 Å². The molecular weight excluding hydrogens is 224 g/mol. The maximum Gasteiger partial charge on any atom is 0.118 e. The molecule has 0 radical (unpaired) electrons. The summed E-state index contributed by atoms with van der Waals surface area (Å²) in [5.74, 6) is 3.60. The van der Waals surface area contributed by atoms with Gasteiger partial charge in [0.1, 0.15) is 5.75 Å². The third-order valence-electron chi connectivity index (χ3n) is 5.03. The number of phenols is 1. The highest BCUT2D eigenvalue weighted by Crippen LogP contribution is 2.55. The normalized spacial score (nSPS) is 34.1. The molecule has 2 nitrogen and oxygen atoms in total. The fourth-order valence-electron chi connectivity index (χ4n) is 4.13. The molecule has 4 unspecified atom stereocenters. The fourth-order valence-corrected chi connectivity index (χ4v) is 4.13. The van der Waals surface area contributed by atoms with E-state index in [-0.39, 0.29) is 0 Å². The molecule has 1 aromatic carbocycles. The topological polar surface area (TPSA) is 29.5 Å². The Morgan fingerprint density at radius 1 is 1.22 bits per heavy atom. The van der Waals surface area contributed by atoms with Gasteiger partial charge in [0.2, 0.25) is 0 Å². The van der Waals surface area contributed by atoms with Crippen molar-refractivity contribution in [3.63, 3.8) is 0 Å². The van der Waals surface area contributed by atoms with Crippen LogP contribution in [0.2, 0.25) is 0 Å². The zero-order valence-electron chi connectivity index (χ0n) is 11.2. The van der Waals surface area contributed by atoms with Gasteiger partial charge in [0, 0.05) is 13.7 Å². The average Bonchev–Trinajstić information content (AvgIpc) is 2.92. The van der Waals surface area contributed by atoms with Crippen molar-refractivity contribution in [1.29, 1.82) is 0 Å². The summed E-state index contributed by atoms with van der Waals surface area (Å²) in [7, 11) is 1.81. The summed E-state index contributed by atoms with van der Waals surface area (Å²) in [5, 5.41) is 9.61. The van der Waals surface area contributed by atoms with Crippen LogP contribution in [0.4, 0.5) is 0 Å². The van der Waals surface area contributed by atoms with E-state index in [0.29, 0.717) is 11.7 Å². The Kier molecular flexibility index (Phi) is 3.06. The minimum absolute atomic E-state index is 0.416. The lowest BCUT2D eigenvalue weighted by molar-refractivity contribution is 0.118. The van der Waals surface area contributed by atoms with Crippen molar-refractivity contribution in [3.8, 4) is 5.75 Å². The van der Waals surface area contributed by atoms with Crippen molar-refractivity contribution in [2.45, 2.75) is 32.1 Å². The molecule has 2 saturated carbocycles. The average molecular weight is 246 g/mol. The van der Waals surface area contributed by atoms with E-state index < -0.39 is 0 Å². The van der Waals surface area contributed by atoms with Crippen LogP contribution in [-0.2, 0) is 4.74 Å². The van der Waals surface area contributed by atoms with Crippen LogP contribution in [-0.4, -0.2) is 18.8 Å². The molecule has 2 aliphatic carbocycles. The molecular formula is C16H22O2. The number of hydrogen-bond donors (Lipinski definition) is 1. The van der Waals surface area contributed by atoms with Crippen LogP contribution in [0.25, 0.3) is 0 Å². The first-order valence-electron chi connectivity index (χ1n) is 6.97. The molecule has 0 heterocycles. The van der Waals surface area contributed by atoms with Crippen LogP contribution in [0.5, 0.6) is 5.75 Å². The number of ether oxygens (including phenoxy) is 1. The summed E-state index contributed by atoms with van der Waals surface area (Å²) in [5.41, 5.74) is 2.43. The van der Waals surface area contributed by atoms with Gasteiger partial charge in [0.15, 0.2) is 0 Å². The second kappa shape index (κ2) is 4.58. The summed E-state index contributed by atoms with van der Waals surface area (Å²) in [6.45, 7) is 2.92. The monoisotopic (exact) mass is 246 g/mol. The van der Waals surface area contributed by atoms with Gasteiger partial charge >= 0.3 is 0 Å². The van der Waals surface area contributed by atoms with E-state index in [9.17, 15) is 5.11 Å². The number of methoxy groups -OCH3 is 1. The second-order valence-corrected chi connectivity index (χ2v) is 6.10. The molecule has 2 aliphatic rings. The van der Waals surface area contributed by atoms with E-state index in [2.05, 4.69) is 12.1 Å². The van der Waals surface area contributed by atoms with E-state index in [4.69, 9.17) is 4.74 Å². The zero-order chi connectivity index (χ0) is 12.7. The molecule has 2 heteroatoms. The molecule has 4 atom stereocenters. The van der Waals surface area contributed by atoms with E-state index in [1.54, 1.807) is 0 Å². The van der Waals surface area contributed by atoms with Gasteiger partial charge in [-0.05, 0) is 67.1 Å². The molecule has 0 spiro atoms. The van der Waals surface area contributed by atoms with Gasteiger partial charge in [0.25, 0.3) is 0 Å². The van der Waals surface area contributed by atoms with Gasteiger partial charge in [-0.2, -0.15) is 0 Å². The molecule has 98 valence electrons. The van der Waals surface area contributed by atoms with Crippen LogP contribution in [0, 0.1) is 24.7 Å². The summed E-state index contributed by atoms with van der Waals surface area (Å²) < 4.78 is 5.32. The Balaban J connectivity index is 1.75. The number of phenolic OH excluding ortho intramolecular Hbond substituents is 1. The first kappa shape index (κ1) is 12.0. The van der Waals surface area contributed by atoms with E-state index in [0.717, 1.165) is 29.9 Å². The second-order valence-electron chi connectivity index (χ2n) is 6.10. The predicted molar refractivity (Wildman–Crippen MR) is 71.8 cm³/mol. The van der Waals surface area contributed by atoms with Crippen molar-refractivity contribution in [2.24, 2.45) is 17.8 Å². The van der Waals surface area contributed by atoms with Crippen molar-refractivity contribution in [1.82, 2.24) is 0 Å². The third-order valence-corrected chi connectivity index (χ3v) is 5.03. The maximum atomic E-state index is 9.61. The van der Waals surface area contributed by atoms with Gasteiger partial charge < -0.3 is 9.84 Å². The van der Waals surface area contributed by atoms with Crippen LogP contribution >= 0.6 is 0 Å². The Morgan fingerprint density at radius 2 is 2.06 bits per heavy atom. The minimum atomic E-state index is 0.416. The van der Waals surface area contributed by atoms with Gasteiger partial charge in [-0.25, -0.2) is 0 Å². The minimum Gasteiger partial charge on any atom is -0.508 e. The van der Waals surface area contributed by atoms with Gasteiger partial charge in [-0.15, -0.1) is 0 Å². The highest BCUT2D eigenvalue weighted by Gasteiger charge is 2.45. The van der Waals surface area contributed by atoms with Crippen molar-refractivity contribution >= 4 is 0 Å². The lowest BCUT2D eigenvalue weighted by Gasteiger charge is -2.28. The molecule has 3 rings (SSSR count). The number of fused-ring (bicyclic) bond motifs is 2. The van der Waals surface area contributed by atoms with Gasteiger partial charge in [-0.1, -0.05) is 12.1 Å². The zero-order valence-corrected chi connectivity index (χ0v) is 11.2. The summed E-state index contributed by atoms with van der Waals surface area (Å²) in [4.78, 5) is 0. The van der Waals surface area contributed by atoms with Crippen LogP contribution in [0.1, 0.15) is 36.3 Å². The first-order chi connectivity index (χ1) is 8.69. The maximum absolute atomic E-state index is 9.61. The molecule has 2 bridgehead atoms. The molecule has 0 aromatic heterocycles. The highest BCUT2D eigenvalue weighted by atomic mass is 16.5. The summed E-state index contributed by atoms with van der Waals surface area (Å²) >= 11 is 0. The molecule has 18 heavy (non-hydrogen) atoms. The van der Waals surface area contributed by atoms with E-state index in [1.807, 2.05) is 20.1 Å². The quantitative estimate of drug-likeness (QED) is 0.884. The van der Waals surface area contributed by atoms with Crippen molar-refractivity contribution < 1.29 is 9.84 Å². The number of aromatic hydroxyl groups is 1. The number of benzene rings is 1. The van der Waals surface area contributed by atoms with Crippen LogP contribution < -0.4 is 0 Å². The standard InChI is InChI=1S/C16H22O2/c1-10-5-11(3-4-16(10)17)15-8-12-6-13(15)7-14(12)9-18-2/h3-5,12-15,17H,6-9H2,1-2H3. The van der Waals surface area contributed by atoms with Crippen LogP contribution in [0.3, 0.4) is 0 Å². The highest BCUT2D eigenvalue weighted by molar-refractivity contribution is 5.37. The third kappa shape index (κ3) is 1.93. The Morgan fingerprint density at radius 3 is 2.67 bits per heavy atom. The Labute approximate surface area is 109 Å². The first-order valence-corrected chi connectivity index (χ1v) is 6.97.